The van der Waals surface area contributed by atoms with Crippen molar-refractivity contribution in [2.75, 3.05) is 6.61 Å². The van der Waals surface area contributed by atoms with Gasteiger partial charge >= 0.3 is 0 Å². The number of imidazole rings is 1. The minimum Gasteiger partial charge on any atom is -0.394 e. The molecule has 1 fully saturated rings. The van der Waals surface area contributed by atoms with Crippen LogP contribution in [0, 0.1) is 6.92 Å². The Morgan fingerprint density at radius 3 is 2.73 bits per heavy atom. The van der Waals surface area contributed by atoms with E-state index in [0.717, 1.165) is 5.69 Å². The number of nitrogens with zero attached hydrogens (tertiary/aromatic N) is 4. The molecule has 0 bridgehead atoms. The standard InChI is InChI=1S/C13H18N4O5/c1-6-9-13(15-4-14-6)17(5-16-9)2-7(19)12-11(21)10(20)8(3-18)22-12/h4-5,7-8,10-12,18-21H,2-3H2,1H3/t7?,8-,10-,11-,12?/m1/s1. The minimum atomic E-state index is -1.27. The first kappa shape index (κ1) is 15.3. The molecule has 3 rings (SSSR count). The lowest BCUT2D eigenvalue weighted by atomic mass is 10.0. The summed E-state index contributed by atoms with van der Waals surface area (Å²) in [4.78, 5) is 12.4. The molecule has 0 saturated carbocycles. The maximum absolute atomic E-state index is 10.3. The molecule has 0 radical (unpaired) electrons. The van der Waals surface area contributed by atoms with Crippen molar-refractivity contribution in [2.45, 2.75) is 44.0 Å². The highest BCUT2D eigenvalue weighted by Gasteiger charge is 2.45. The first-order valence-electron chi connectivity index (χ1n) is 6.96. The predicted octanol–water partition coefficient (Wildman–Crippen LogP) is -2.02. The van der Waals surface area contributed by atoms with Crippen LogP contribution in [0.1, 0.15) is 5.69 Å². The van der Waals surface area contributed by atoms with Crippen LogP contribution in [0.3, 0.4) is 0 Å². The van der Waals surface area contributed by atoms with Crippen LogP contribution in [0.25, 0.3) is 11.2 Å². The van der Waals surface area contributed by atoms with Gasteiger partial charge in [-0.1, -0.05) is 0 Å². The van der Waals surface area contributed by atoms with Crippen LogP contribution < -0.4 is 0 Å². The molecule has 0 aromatic carbocycles. The first-order valence-corrected chi connectivity index (χ1v) is 6.96. The number of fused-ring (bicyclic) bond motifs is 1. The van der Waals surface area contributed by atoms with Gasteiger partial charge in [0.15, 0.2) is 5.65 Å². The lowest BCUT2D eigenvalue weighted by Crippen LogP contribution is -2.40. The van der Waals surface area contributed by atoms with Crippen molar-refractivity contribution in [1.29, 1.82) is 0 Å². The molecular formula is C13H18N4O5. The summed E-state index contributed by atoms with van der Waals surface area (Å²) in [5.74, 6) is 0. The Bertz CT molecular complexity index is 663. The third-order valence-electron chi connectivity index (χ3n) is 3.93. The van der Waals surface area contributed by atoms with Crippen molar-refractivity contribution in [2.24, 2.45) is 0 Å². The van der Waals surface area contributed by atoms with Gasteiger partial charge in [-0.05, 0) is 6.92 Å². The molecule has 9 nitrogen and oxygen atoms in total. The van der Waals surface area contributed by atoms with Gasteiger partial charge in [-0.15, -0.1) is 0 Å². The molecule has 2 aromatic heterocycles. The molecule has 1 aliphatic heterocycles. The van der Waals surface area contributed by atoms with Gasteiger partial charge in [-0.25, -0.2) is 15.0 Å². The molecule has 3 heterocycles. The second kappa shape index (κ2) is 5.86. The van der Waals surface area contributed by atoms with Gasteiger partial charge < -0.3 is 29.7 Å². The Labute approximate surface area is 125 Å². The summed E-state index contributed by atoms with van der Waals surface area (Å²) in [6.07, 6.45) is -2.54. The van der Waals surface area contributed by atoms with Crippen molar-refractivity contribution in [3.05, 3.63) is 18.3 Å². The molecule has 4 N–H and O–H groups in total. The molecule has 1 saturated heterocycles. The van der Waals surface area contributed by atoms with Gasteiger partial charge in [-0.2, -0.15) is 0 Å². The smallest absolute Gasteiger partial charge is 0.163 e. The van der Waals surface area contributed by atoms with Crippen molar-refractivity contribution in [3.8, 4) is 0 Å². The topological polar surface area (TPSA) is 134 Å². The number of hydrogen-bond donors (Lipinski definition) is 4. The van der Waals surface area contributed by atoms with Crippen molar-refractivity contribution >= 4 is 11.2 Å². The Morgan fingerprint density at radius 2 is 2.05 bits per heavy atom. The van der Waals surface area contributed by atoms with E-state index in [1.165, 1.54) is 12.7 Å². The molecule has 5 atom stereocenters. The van der Waals surface area contributed by atoms with Crippen LogP contribution in [0.15, 0.2) is 12.7 Å². The second-order valence-electron chi connectivity index (χ2n) is 5.40. The monoisotopic (exact) mass is 310 g/mol. The molecule has 2 aromatic rings. The maximum Gasteiger partial charge on any atom is 0.163 e. The average Bonchev–Trinajstić information content (AvgIpc) is 3.03. The van der Waals surface area contributed by atoms with E-state index in [-0.39, 0.29) is 6.54 Å². The van der Waals surface area contributed by atoms with E-state index in [0.29, 0.717) is 11.2 Å². The Hall–Kier alpha value is -1.65. The average molecular weight is 310 g/mol. The van der Waals surface area contributed by atoms with E-state index in [4.69, 9.17) is 9.84 Å². The normalized spacial score (nSPS) is 30.0. The summed E-state index contributed by atoms with van der Waals surface area (Å²) in [5.41, 5.74) is 1.93. The molecule has 0 amide bonds. The predicted molar refractivity (Wildman–Crippen MR) is 73.8 cm³/mol. The van der Waals surface area contributed by atoms with E-state index < -0.39 is 37.1 Å². The van der Waals surface area contributed by atoms with Crippen LogP contribution in [0.4, 0.5) is 0 Å². The van der Waals surface area contributed by atoms with E-state index in [2.05, 4.69) is 15.0 Å². The molecule has 0 spiro atoms. The van der Waals surface area contributed by atoms with Crippen LogP contribution in [0.2, 0.25) is 0 Å². The fraction of sp³-hybridized carbons (Fsp3) is 0.615. The molecule has 120 valence electrons. The zero-order valence-corrected chi connectivity index (χ0v) is 11.9. The van der Waals surface area contributed by atoms with Gasteiger partial charge in [0.25, 0.3) is 0 Å². The van der Waals surface area contributed by atoms with Crippen LogP contribution in [0.5, 0.6) is 0 Å². The zero-order valence-electron chi connectivity index (χ0n) is 11.9. The Morgan fingerprint density at radius 1 is 1.27 bits per heavy atom. The van der Waals surface area contributed by atoms with Gasteiger partial charge in [0.2, 0.25) is 0 Å². The third kappa shape index (κ3) is 2.46. The zero-order chi connectivity index (χ0) is 15.9. The molecule has 22 heavy (non-hydrogen) atoms. The first-order chi connectivity index (χ1) is 10.5. The van der Waals surface area contributed by atoms with Gasteiger partial charge in [0.1, 0.15) is 42.4 Å². The summed E-state index contributed by atoms with van der Waals surface area (Å²) in [6.45, 7) is 1.46. The van der Waals surface area contributed by atoms with Gasteiger partial charge in [0.05, 0.1) is 25.2 Å². The lowest BCUT2D eigenvalue weighted by molar-refractivity contribution is -0.0787. The summed E-state index contributed by atoms with van der Waals surface area (Å²) >= 11 is 0. The summed E-state index contributed by atoms with van der Waals surface area (Å²) in [7, 11) is 0. The summed E-state index contributed by atoms with van der Waals surface area (Å²) < 4.78 is 6.94. The fourth-order valence-corrected chi connectivity index (χ4v) is 2.68. The highest BCUT2D eigenvalue weighted by Crippen LogP contribution is 2.24. The maximum atomic E-state index is 10.3. The van der Waals surface area contributed by atoms with E-state index in [1.54, 1.807) is 4.57 Å². The molecule has 2 unspecified atom stereocenters. The highest BCUT2D eigenvalue weighted by molar-refractivity contribution is 5.72. The number of aromatic nitrogens is 4. The SMILES string of the molecule is Cc1ncnc2c1ncn2CC(O)C1O[C@H](CO)[C@@H](O)[C@H]1O. The van der Waals surface area contributed by atoms with Crippen molar-refractivity contribution < 1.29 is 25.2 Å². The number of aryl methyl sites for hydroxylation is 1. The van der Waals surface area contributed by atoms with E-state index in [9.17, 15) is 15.3 Å². The summed E-state index contributed by atoms with van der Waals surface area (Å²) in [5, 5.41) is 39.0. The largest absolute Gasteiger partial charge is 0.394 e. The number of rotatable bonds is 4. The van der Waals surface area contributed by atoms with E-state index in [1.807, 2.05) is 6.92 Å². The molecule has 0 aliphatic carbocycles. The van der Waals surface area contributed by atoms with Gasteiger partial charge in [0, 0.05) is 0 Å². The summed E-state index contributed by atoms with van der Waals surface area (Å²) in [6, 6.07) is 0. The van der Waals surface area contributed by atoms with Crippen molar-refractivity contribution in [3.63, 3.8) is 0 Å². The second-order valence-corrected chi connectivity index (χ2v) is 5.40. The number of aliphatic hydroxyl groups excluding tert-OH is 4. The number of aliphatic hydroxyl groups is 4. The fourth-order valence-electron chi connectivity index (χ4n) is 2.68. The molecular weight excluding hydrogens is 292 g/mol. The van der Waals surface area contributed by atoms with Gasteiger partial charge in [-0.3, -0.25) is 0 Å². The highest BCUT2D eigenvalue weighted by atomic mass is 16.6. The number of hydrogen-bond acceptors (Lipinski definition) is 8. The minimum absolute atomic E-state index is 0.0829. The molecule has 1 aliphatic rings. The van der Waals surface area contributed by atoms with Crippen LogP contribution >= 0.6 is 0 Å². The Kier molecular flexibility index (Phi) is 4.06. The quantitative estimate of drug-likeness (QED) is 0.508. The third-order valence-corrected chi connectivity index (χ3v) is 3.93. The van der Waals surface area contributed by atoms with E-state index >= 15 is 0 Å². The Balaban J connectivity index is 1.79. The van der Waals surface area contributed by atoms with Crippen molar-refractivity contribution in [1.82, 2.24) is 19.5 Å². The van der Waals surface area contributed by atoms with Crippen LogP contribution in [-0.2, 0) is 11.3 Å². The molecule has 9 heteroatoms. The number of ether oxygens (including phenoxy) is 1. The van der Waals surface area contributed by atoms with Crippen LogP contribution in [-0.4, -0.2) is 77.1 Å². The lowest BCUT2D eigenvalue weighted by Gasteiger charge is -2.21.